The second-order valence-electron chi connectivity index (χ2n) is 3.66. The molecule has 18 heavy (non-hydrogen) atoms. The summed E-state index contributed by atoms with van der Waals surface area (Å²) < 4.78 is 0. The maximum Gasteiger partial charge on any atom is 0.251 e. The fourth-order valence-corrected chi connectivity index (χ4v) is 3.00. The Morgan fingerprint density at radius 2 is 2.06 bits per heavy atom. The fourth-order valence-electron chi connectivity index (χ4n) is 1.48. The summed E-state index contributed by atoms with van der Waals surface area (Å²) in [5.41, 5.74) is 5.57. The maximum atomic E-state index is 11.7. The molecule has 0 radical (unpaired) electrons. The number of hydrogen-bond acceptors (Lipinski definition) is 4. The number of thiophene rings is 2. The van der Waals surface area contributed by atoms with E-state index >= 15 is 0 Å². The van der Waals surface area contributed by atoms with Gasteiger partial charge in [0.1, 0.15) is 5.00 Å². The van der Waals surface area contributed by atoms with Crippen molar-refractivity contribution in [3.8, 4) is 0 Å². The average Bonchev–Trinajstić information content (AvgIpc) is 2.96. The van der Waals surface area contributed by atoms with Gasteiger partial charge in [-0.3, -0.25) is 9.59 Å². The molecule has 4 nitrogen and oxygen atoms in total. The lowest BCUT2D eigenvalue weighted by Gasteiger charge is -2.03. The molecule has 2 rings (SSSR count). The van der Waals surface area contributed by atoms with Gasteiger partial charge in [0.2, 0.25) is 5.91 Å². The highest BCUT2D eigenvalue weighted by molar-refractivity contribution is 7.14. The van der Waals surface area contributed by atoms with Gasteiger partial charge in [-0.2, -0.15) is 0 Å². The van der Waals surface area contributed by atoms with E-state index in [9.17, 15) is 9.59 Å². The molecule has 0 aliphatic rings. The Morgan fingerprint density at radius 1 is 1.22 bits per heavy atom. The van der Waals surface area contributed by atoms with Crippen LogP contribution < -0.4 is 11.1 Å². The van der Waals surface area contributed by atoms with Gasteiger partial charge in [0.25, 0.3) is 5.91 Å². The van der Waals surface area contributed by atoms with Crippen LogP contribution in [0.1, 0.15) is 21.7 Å². The van der Waals surface area contributed by atoms with Gasteiger partial charge < -0.3 is 11.1 Å². The molecule has 2 aromatic heterocycles. The van der Waals surface area contributed by atoms with E-state index in [1.807, 2.05) is 17.5 Å². The van der Waals surface area contributed by atoms with Crippen molar-refractivity contribution in [2.24, 2.45) is 5.73 Å². The molecule has 0 aromatic carbocycles. The number of anilines is 1. The van der Waals surface area contributed by atoms with Crippen LogP contribution in [0.5, 0.6) is 0 Å². The summed E-state index contributed by atoms with van der Waals surface area (Å²) in [4.78, 5) is 24.0. The van der Waals surface area contributed by atoms with Crippen LogP contribution in [0.15, 0.2) is 29.0 Å². The summed E-state index contributed by atoms with van der Waals surface area (Å²) in [6.45, 7) is 0. The Hall–Kier alpha value is -1.66. The first-order valence-electron chi connectivity index (χ1n) is 5.36. The van der Waals surface area contributed by atoms with Crippen molar-refractivity contribution >= 4 is 39.5 Å². The average molecular weight is 280 g/mol. The number of primary amides is 1. The topological polar surface area (TPSA) is 72.2 Å². The molecular weight excluding hydrogens is 268 g/mol. The third-order valence-corrected chi connectivity index (χ3v) is 4.13. The highest BCUT2D eigenvalue weighted by Crippen LogP contribution is 2.23. The lowest BCUT2D eigenvalue weighted by Crippen LogP contribution is -2.16. The van der Waals surface area contributed by atoms with Crippen molar-refractivity contribution in [3.63, 3.8) is 0 Å². The maximum absolute atomic E-state index is 11.7. The number of rotatable bonds is 5. The van der Waals surface area contributed by atoms with Crippen molar-refractivity contribution in [1.82, 2.24) is 0 Å². The largest absolute Gasteiger partial charge is 0.366 e. The van der Waals surface area contributed by atoms with E-state index in [1.54, 1.807) is 22.8 Å². The van der Waals surface area contributed by atoms with E-state index < -0.39 is 5.91 Å². The predicted octanol–water partition coefficient (Wildman–Crippen LogP) is 2.48. The Balaban J connectivity index is 1.91. The number of amides is 2. The van der Waals surface area contributed by atoms with Crippen LogP contribution >= 0.6 is 22.7 Å². The molecule has 0 bridgehead atoms. The first kappa shape index (κ1) is 12.8. The third kappa shape index (κ3) is 3.18. The lowest BCUT2D eigenvalue weighted by molar-refractivity contribution is -0.116. The van der Waals surface area contributed by atoms with Gasteiger partial charge in [0.15, 0.2) is 0 Å². The second-order valence-corrected chi connectivity index (χ2v) is 5.60. The second kappa shape index (κ2) is 5.79. The molecule has 0 unspecified atom stereocenters. The van der Waals surface area contributed by atoms with Crippen molar-refractivity contribution in [1.29, 1.82) is 0 Å². The van der Waals surface area contributed by atoms with Gasteiger partial charge in [-0.05, 0) is 29.3 Å². The molecule has 0 aliphatic heterocycles. The summed E-state index contributed by atoms with van der Waals surface area (Å²) in [6, 6.07) is 5.57. The molecule has 3 N–H and O–H groups in total. The van der Waals surface area contributed by atoms with Gasteiger partial charge in [0, 0.05) is 11.3 Å². The van der Waals surface area contributed by atoms with Crippen LogP contribution in [0, 0.1) is 0 Å². The summed E-state index contributed by atoms with van der Waals surface area (Å²) in [5.74, 6) is -0.627. The van der Waals surface area contributed by atoms with Crippen LogP contribution in [-0.4, -0.2) is 11.8 Å². The first-order valence-corrected chi connectivity index (χ1v) is 7.12. The Labute approximate surface area is 112 Å². The highest BCUT2D eigenvalue weighted by atomic mass is 32.1. The van der Waals surface area contributed by atoms with Crippen molar-refractivity contribution in [2.45, 2.75) is 12.8 Å². The number of nitrogens with two attached hydrogens (primary N) is 1. The molecule has 2 amide bonds. The molecule has 0 saturated heterocycles. The van der Waals surface area contributed by atoms with Gasteiger partial charge in [0.05, 0.1) is 5.56 Å². The zero-order valence-electron chi connectivity index (χ0n) is 9.51. The van der Waals surface area contributed by atoms with Gasteiger partial charge in [-0.25, -0.2) is 0 Å². The summed E-state index contributed by atoms with van der Waals surface area (Å²) in [5, 5.41) is 6.96. The lowest BCUT2D eigenvalue weighted by atomic mass is 10.2. The van der Waals surface area contributed by atoms with Crippen LogP contribution in [0.4, 0.5) is 5.00 Å². The standard InChI is InChI=1S/C12H12N2O2S2/c13-11(16)9-5-7-18-12(9)14-10(15)4-3-8-2-1-6-17-8/h1-2,5-7H,3-4H2,(H2,13,16)(H,14,15). The van der Waals surface area contributed by atoms with Gasteiger partial charge in [-0.15, -0.1) is 22.7 Å². The van der Waals surface area contributed by atoms with E-state index in [0.29, 0.717) is 23.4 Å². The number of nitrogens with one attached hydrogen (secondary N) is 1. The Kier molecular flexibility index (Phi) is 4.11. The number of carbonyl (C=O) groups excluding carboxylic acids is 2. The minimum Gasteiger partial charge on any atom is -0.366 e. The Morgan fingerprint density at radius 3 is 2.72 bits per heavy atom. The number of aryl methyl sites for hydroxylation is 1. The summed E-state index contributed by atoms with van der Waals surface area (Å²) in [6.07, 6.45) is 1.11. The van der Waals surface area contributed by atoms with E-state index in [2.05, 4.69) is 5.32 Å². The van der Waals surface area contributed by atoms with E-state index in [0.717, 1.165) is 0 Å². The number of hydrogen-bond donors (Lipinski definition) is 2. The minimum absolute atomic E-state index is 0.103. The SMILES string of the molecule is NC(=O)c1ccsc1NC(=O)CCc1cccs1. The molecule has 2 heterocycles. The van der Waals surface area contributed by atoms with Crippen molar-refractivity contribution in [3.05, 3.63) is 39.4 Å². The Bertz CT molecular complexity index is 546. The predicted molar refractivity (Wildman–Crippen MR) is 74.1 cm³/mol. The minimum atomic E-state index is -0.523. The molecular formula is C12H12N2O2S2. The third-order valence-electron chi connectivity index (χ3n) is 2.36. The summed E-state index contributed by atoms with van der Waals surface area (Å²) in [7, 11) is 0. The normalized spacial score (nSPS) is 10.2. The van der Waals surface area contributed by atoms with E-state index in [4.69, 9.17) is 5.73 Å². The number of carbonyl (C=O) groups is 2. The van der Waals surface area contributed by atoms with Crippen LogP contribution in [-0.2, 0) is 11.2 Å². The van der Waals surface area contributed by atoms with Crippen molar-refractivity contribution < 1.29 is 9.59 Å². The summed E-state index contributed by atoms with van der Waals surface area (Å²) >= 11 is 2.93. The van der Waals surface area contributed by atoms with Crippen LogP contribution in [0.2, 0.25) is 0 Å². The zero-order chi connectivity index (χ0) is 13.0. The molecule has 6 heteroatoms. The first-order chi connectivity index (χ1) is 8.66. The fraction of sp³-hybridized carbons (Fsp3) is 0.167. The quantitative estimate of drug-likeness (QED) is 0.883. The molecule has 94 valence electrons. The monoisotopic (exact) mass is 280 g/mol. The molecule has 2 aromatic rings. The van der Waals surface area contributed by atoms with Crippen LogP contribution in [0.3, 0.4) is 0 Å². The molecule has 0 spiro atoms. The smallest absolute Gasteiger partial charge is 0.251 e. The molecule has 0 fully saturated rings. The van der Waals surface area contributed by atoms with E-state index in [1.165, 1.54) is 16.2 Å². The highest BCUT2D eigenvalue weighted by Gasteiger charge is 2.12. The van der Waals surface area contributed by atoms with E-state index in [-0.39, 0.29) is 5.91 Å². The molecule has 0 aliphatic carbocycles. The molecule has 0 saturated carbocycles. The van der Waals surface area contributed by atoms with Gasteiger partial charge >= 0.3 is 0 Å². The molecule has 0 atom stereocenters. The van der Waals surface area contributed by atoms with Crippen LogP contribution in [0.25, 0.3) is 0 Å². The van der Waals surface area contributed by atoms with Crippen molar-refractivity contribution in [2.75, 3.05) is 5.32 Å². The van der Waals surface area contributed by atoms with Gasteiger partial charge in [-0.1, -0.05) is 6.07 Å². The zero-order valence-corrected chi connectivity index (χ0v) is 11.1.